The first kappa shape index (κ1) is 10.5. The SMILES string of the molecule is CCCC(C)Cc1ccc(Cl)nc1. The number of hydrogen-bond donors (Lipinski definition) is 0. The molecular weight excluding hydrogens is 182 g/mol. The Morgan fingerprint density at radius 3 is 2.77 bits per heavy atom. The van der Waals surface area contributed by atoms with E-state index >= 15 is 0 Å². The van der Waals surface area contributed by atoms with Crippen LogP contribution in [0.2, 0.25) is 5.15 Å². The van der Waals surface area contributed by atoms with Crippen LogP contribution in [0.5, 0.6) is 0 Å². The number of aromatic nitrogens is 1. The fourth-order valence-corrected chi connectivity index (χ4v) is 1.64. The summed E-state index contributed by atoms with van der Waals surface area (Å²) in [6.07, 6.45) is 5.51. The molecule has 0 aromatic carbocycles. The third kappa shape index (κ3) is 3.77. The molecule has 0 aliphatic heterocycles. The van der Waals surface area contributed by atoms with E-state index < -0.39 is 0 Å². The predicted molar refractivity (Wildman–Crippen MR) is 57.0 cm³/mol. The maximum Gasteiger partial charge on any atom is 0.129 e. The molecule has 0 saturated heterocycles. The Balaban J connectivity index is 2.49. The van der Waals surface area contributed by atoms with E-state index in [4.69, 9.17) is 11.6 Å². The van der Waals surface area contributed by atoms with E-state index in [0.29, 0.717) is 5.15 Å². The highest BCUT2D eigenvalue weighted by molar-refractivity contribution is 6.29. The Kier molecular flexibility index (Phi) is 4.23. The van der Waals surface area contributed by atoms with Crippen molar-refractivity contribution >= 4 is 11.6 Å². The van der Waals surface area contributed by atoms with Crippen molar-refractivity contribution in [3.63, 3.8) is 0 Å². The predicted octanol–water partition coefficient (Wildman–Crippen LogP) is 3.71. The van der Waals surface area contributed by atoms with Crippen LogP contribution in [0.4, 0.5) is 0 Å². The molecule has 1 atom stereocenters. The van der Waals surface area contributed by atoms with E-state index in [1.807, 2.05) is 12.3 Å². The van der Waals surface area contributed by atoms with Crippen LogP contribution >= 0.6 is 11.6 Å². The molecule has 0 fully saturated rings. The molecule has 0 saturated carbocycles. The number of nitrogens with zero attached hydrogens (tertiary/aromatic N) is 1. The molecule has 0 aliphatic rings. The van der Waals surface area contributed by atoms with Crippen LogP contribution in [-0.2, 0) is 6.42 Å². The van der Waals surface area contributed by atoms with Crippen LogP contribution in [0, 0.1) is 5.92 Å². The summed E-state index contributed by atoms with van der Waals surface area (Å²) in [7, 11) is 0. The van der Waals surface area contributed by atoms with Gasteiger partial charge in [-0.1, -0.05) is 44.4 Å². The normalized spacial score (nSPS) is 12.8. The van der Waals surface area contributed by atoms with Crippen LogP contribution in [0.15, 0.2) is 18.3 Å². The lowest BCUT2D eigenvalue weighted by atomic mass is 9.98. The van der Waals surface area contributed by atoms with Gasteiger partial charge in [0, 0.05) is 6.20 Å². The number of halogens is 1. The number of pyridine rings is 1. The summed E-state index contributed by atoms with van der Waals surface area (Å²) in [5.41, 5.74) is 1.28. The first-order valence-electron chi connectivity index (χ1n) is 4.82. The van der Waals surface area contributed by atoms with Crippen molar-refractivity contribution in [2.45, 2.75) is 33.1 Å². The second-order valence-electron chi connectivity index (χ2n) is 3.59. The standard InChI is InChI=1S/C11H16ClN/c1-3-4-9(2)7-10-5-6-11(12)13-8-10/h5-6,8-9H,3-4,7H2,1-2H3. The van der Waals surface area contributed by atoms with E-state index in [1.165, 1.54) is 18.4 Å². The average Bonchev–Trinajstić information content (AvgIpc) is 2.09. The largest absolute Gasteiger partial charge is 0.244 e. The van der Waals surface area contributed by atoms with Crippen LogP contribution in [0.25, 0.3) is 0 Å². The van der Waals surface area contributed by atoms with E-state index in [1.54, 1.807) is 0 Å². The van der Waals surface area contributed by atoms with Gasteiger partial charge in [-0.05, 0) is 24.0 Å². The first-order chi connectivity index (χ1) is 6.22. The van der Waals surface area contributed by atoms with E-state index in [0.717, 1.165) is 12.3 Å². The van der Waals surface area contributed by atoms with Gasteiger partial charge >= 0.3 is 0 Å². The van der Waals surface area contributed by atoms with E-state index in [9.17, 15) is 0 Å². The van der Waals surface area contributed by atoms with Gasteiger partial charge < -0.3 is 0 Å². The minimum atomic E-state index is 0.576. The van der Waals surface area contributed by atoms with Crippen molar-refractivity contribution in [2.24, 2.45) is 5.92 Å². The second kappa shape index (κ2) is 5.23. The summed E-state index contributed by atoms with van der Waals surface area (Å²) in [6.45, 7) is 4.49. The Labute approximate surface area is 85.1 Å². The summed E-state index contributed by atoms with van der Waals surface area (Å²) in [5, 5.41) is 0.576. The molecule has 2 heteroatoms. The van der Waals surface area contributed by atoms with Gasteiger partial charge in [0.1, 0.15) is 5.15 Å². The third-order valence-electron chi connectivity index (χ3n) is 2.15. The summed E-state index contributed by atoms with van der Waals surface area (Å²) in [4.78, 5) is 4.06. The molecule has 1 aromatic heterocycles. The van der Waals surface area contributed by atoms with Crippen LogP contribution in [0.1, 0.15) is 32.3 Å². The average molecular weight is 198 g/mol. The Morgan fingerprint density at radius 2 is 2.23 bits per heavy atom. The van der Waals surface area contributed by atoms with Crippen molar-refractivity contribution in [2.75, 3.05) is 0 Å². The Morgan fingerprint density at radius 1 is 1.46 bits per heavy atom. The van der Waals surface area contributed by atoms with Crippen molar-refractivity contribution in [3.8, 4) is 0 Å². The molecule has 0 N–H and O–H groups in total. The van der Waals surface area contributed by atoms with Crippen molar-refractivity contribution < 1.29 is 0 Å². The zero-order valence-electron chi connectivity index (χ0n) is 8.26. The van der Waals surface area contributed by atoms with Gasteiger partial charge in [0.05, 0.1) is 0 Å². The van der Waals surface area contributed by atoms with E-state index in [-0.39, 0.29) is 0 Å². The smallest absolute Gasteiger partial charge is 0.129 e. The molecule has 0 radical (unpaired) electrons. The van der Waals surface area contributed by atoms with Gasteiger partial charge in [-0.15, -0.1) is 0 Å². The van der Waals surface area contributed by atoms with Gasteiger partial charge in [-0.2, -0.15) is 0 Å². The Bertz CT molecular complexity index is 243. The molecule has 0 amide bonds. The van der Waals surface area contributed by atoms with Crippen LogP contribution < -0.4 is 0 Å². The molecule has 1 unspecified atom stereocenters. The highest BCUT2D eigenvalue weighted by atomic mass is 35.5. The molecule has 1 nitrogen and oxygen atoms in total. The van der Waals surface area contributed by atoms with Crippen molar-refractivity contribution in [1.82, 2.24) is 4.98 Å². The molecule has 0 spiro atoms. The fraction of sp³-hybridized carbons (Fsp3) is 0.545. The van der Waals surface area contributed by atoms with E-state index in [2.05, 4.69) is 24.9 Å². The highest BCUT2D eigenvalue weighted by Crippen LogP contribution is 2.13. The molecule has 1 rings (SSSR count). The topological polar surface area (TPSA) is 12.9 Å². The summed E-state index contributed by atoms with van der Waals surface area (Å²) < 4.78 is 0. The monoisotopic (exact) mass is 197 g/mol. The lowest BCUT2D eigenvalue weighted by Gasteiger charge is -2.08. The van der Waals surface area contributed by atoms with Gasteiger partial charge in [-0.3, -0.25) is 0 Å². The lowest BCUT2D eigenvalue weighted by Crippen LogP contribution is -1.99. The zero-order valence-corrected chi connectivity index (χ0v) is 9.01. The molecule has 72 valence electrons. The summed E-state index contributed by atoms with van der Waals surface area (Å²) >= 11 is 5.70. The molecule has 0 bridgehead atoms. The van der Waals surface area contributed by atoms with Gasteiger partial charge in [0.15, 0.2) is 0 Å². The molecule has 13 heavy (non-hydrogen) atoms. The van der Waals surface area contributed by atoms with Crippen LogP contribution in [0.3, 0.4) is 0 Å². The summed E-state index contributed by atoms with van der Waals surface area (Å²) in [6, 6.07) is 3.91. The maximum absolute atomic E-state index is 5.70. The minimum Gasteiger partial charge on any atom is -0.244 e. The molecule has 1 heterocycles. The third-order valence-corrected chi connectivity index (χ3v) is 2.38. The molecule has 1 aromatic rings. The Hall–Kier alpha value is -0.560. The number of rotatable bonds is 4. The lowest BCUT2D eigenvalue weighted by molar-refractivity contribution is 0.522. The second-order valence-corrected chi connectivity index (χ2v) is 3.97. The zero-order chi connectivity index (χ0) is 9.68. The van der Waals surface area contributed by atoms with Gasteiger partial charge in [0.25, 0.3) is 0 Å². The summed E-state index contributed by atoms with van der Waals surface area (Å²) in [5.74, 6) is 0.743. The van der Waals surface area contributed by atoms with Gasteiger partial charge in [-0.25, -0.2) is 4.98 Å². The maximum atomic E-state index is 5.70. The molecular formula is C11H16ClN. The molecule has 0 aliphatic carbocycles. The van der Waals surface area contributed by atoms with Gasteiger partial charge in [0.2, 0.25) is 0 Å². The minimum absolute atomic E-state index is 0.576. The first-order valence-corrected chi connectivity index (χ1v) is 5.20. The fourth-order valence-electron chi connectivity index (χ4n) is 1.52. The number of hydrogen-bond acceptors (Lipinski definition) is 1. The quantitative estimate of drug-likeness (QED) is 0.671. The van der Waals surface area contributed by atoms with Crippen molar-refractivity contribution in [3.05, 3.63) is 29.0 Å². The highest BCUT2D eigenvalue weighted by Gasteiger charge is 2.02. The van der Waals surface area contributed by atoms with Crippen LogP contribution in [-0.4, -0.2) is 4.98 Å². The van der Waals surface area contributed by atoms with Crippen molar-refractivity contribution in [1.29, 1.82) is 0 Å².